The molecule has 0 atom stereocenters. The van der Waals surface area contributed by atoms with Crippen LogP contribution in [0.5, 0.6) is 0 Å². The largest absolute Gasteiger partial charge is 0.469 e. The highest BCUT2D eigenvalue weighted by atomic mass is 16.5. The van der Waals surface area contributed by atoms with Gasteiger partial charge in [0.05, 0.1) is 12.8 Å². The Morgan fingerprint density at radius 1 is 1.18 bits per heavy atom. The number of para-hydroxylation sites is 1. The fourth-order valence-corrected chi connectivity index (χ4v) is 2.54. The minimum absolute atomic E-state index is 0.0807. The molecule has 1 aromatic heterocycles. The van der Waals surface area contributed by atoms with E-state index in [0.717, 1.165) is 16.6 Å². The zero-order valence-electron chi connectivity index (χ0n) is 13.1. The van der Waals surface area contributed by atoms with Gasteiger partial charge in [-0.2, -0.15) is 0 Å². The zero-order valence-corrected chi connectivity index (χ0v) is 13.1. The van der Waals surface area contributed by atoms with Gasteiger partial charge in [0, 0.05) is 36.5 Å². The number of hydrogen-bond donors (Lipinski definition) is 1. The van der Waals surface area contributed by atoms with Gasteiger partial charge in [0.25, 0.3) is 0 Å². The van der Waals surface area contributed by atoms with Crippen LogP contribution in [0, 0.1) is 0 Å². The lowest BCUT2D eigenvalue weighted by atomic mass is 10.1. The number of aromatic nitrogens is 1. The fourth-order valence-electron chi connectivity index (χ4n) is 2.54. The summed E-state index contributed by atoms with van der Waals surface area (Å²) in [6, 6.07) is 7.93. The van der Waals surface area contributed by atoms with Gasteiger partial charge in [-0.3, -0.25) is 9.59 Å². The number of nitrogens with one attached hydrogen (secondary N) is 1. The van der Waals surface area contributed by atoms with Crippen LogP contribution in [0.2, 0.25) is 0 Å². The van der Waals surface area contributed by atoms with Crippen molar-refractivity contribution in [1.82, 2.24) is 4.98 Å². The molecule has 0 saturated heterocycles. The second kappa shape index (κ2) is 7.64. The highest BCUT2D eigenvalue weighted by Crippen LogP contribution is 2.27. The van der Waals surface area contributed by atoms with Crippen molar-refractivity contribution in [3.8, 4) is 0 Å². The first kappa shape index (κ1) is 16.1. The Bertz CT molecular complexity index is 648. The van der Waals surface area contributed by atoms with Crippen molar-refractivity contribution in [2.24, 2.45) is 0 Å². The van der Waals surface area contributed by atoms with Crippen molar-refractivity contribution in [1.29, 1.82) is 0 Å². The van der Waals surface area contributed by atoms with Gasteiger partial charge in [-0.05, 0) is 25.8 Å². The summed E-state index contributed by atoms with van der Waals surface area (Å²) in [4.78, 5) is 28.5. The SMILES string of the molecule is CCN(C(=O)CCCCC(=O)OC)c1c[nH]c2ccccc12. The van der Waals surface area contributed by atoms with Crippen LogP contribution < -0.4 is 4.90 Å². The number of methoxy groups -OCH3 is 1. The lowest BCUT2D eigenvalue weighted by Gasteiger charge is -2.20. The van der Waals surface area contributed by atoms with Crippen LogP contribution >= 0.6 is 0 Å². The number of hydrogen-bond acceptors (Lipinski definition) is 3. The van der Waals surface area contributed by atoms with E-state index < -0.39 is 0 Å². The van der Waals surface area contributed by atoms with E-state index >= 15 is 0 Å². The predicted octanol–water partition coefficient (Wildman–Crippen LogP) is 3.25. The lowest BCUT2D eigenvalue weighted by molar-refractivity contribution is -0.140. The number of fused-ring (bicyclic) bond motifs is 1. The number of rotatable bonds is 7. The number of carbonyl (C=O) groups is 2. The molecule has 1 N–H and O–H groups in total. The molecule has 5 nitrogen and oxygen atoms in total. The molecule has 2 aromatic rings. The summed E-state index contributed by atoms with van der Waals surface area (Å²) < 4.78 is 4.59. The molecule has 0 aliphatic carbocycles. The summed E-state index contributed by atoms with van der Waals surface area (Å²) in [6.45, 7) is 2.59. The van der Waals surface area contributed by atoms with E-state index in [1.807, 2.05) is 37.4 Å². The van der Waals surface area contributed by atoms with Crippen LogP contribution in [-0.2, 0) is 14.3 Å². The first-order chi connectivity index (χ1) is 10.7. The number of esters is 1. The number of carbonyl (C=O) groups excluding carboxylic acids is 2. The van der Waals surface area contributed by atoms with E-state index in [-0.39, 0.29) is 11.9 Å². The van der Waals surface area contributed by atoms with Gasteiger partial charge >= 0.3 is 5.97 Å². The van der Waals surface area contributed by atoms with E-state index in [9.17, 15) is 9.59 Å². The first-order valence-corrected chi connectivity index (χ1v) is 7.60. The quantitative estimate of drug-likeness (QED) is 0.631. The highest BCUT2D eigenvalue weighted by molar-refractivity contribution is 6.03. The van der Waals surface area contributed by atoms with E-state index in [2.05, 4.69) is 9.72 Å². The number of nitrogens with zero attached hydrogens (tertiary/aromatic N) is 1. The fraction of sp³-hybridized carbons (Fsp3) is 0.412. The zero-order chi connectivity index (χ0) is 15.9. The molecule has 0 spiro atoms. The number of anilines is 1. The van der Waals surface area contributed by atoms with Crippen molar-refractivity contribution in [2.45, 2.75) is 32.6 Å². The third-order valence-corrected chi connectivity index (χ3v) is 3.72. The maximum Gasteiger partial charge on any atom is 0.305 e. The van der Waals surface area contributed by atoms with E-state index in [1.54, 1.807) is 4.90 Å². The van der Waals surface area contributed by atoms with Crippen LogP contribution in [0.3, 0.4) is 0 Å². The minimum Gasteiger partial charge on any atom is -0.469 e. The highest BCUT2D eigenvalue weighted by Gasteiger charge is 2.17. The van der Waals surface area contributed by atoms with Gasteiger partial charge in [0.2, 0.25) is 5.91 Å². The Labute approximate surface area is 130 Å². The van der Waals surface area contributed by atoms with Crippen LogP contribution in [0.15, 0.2) is 30.5 Å². The molecule has 0 radical (unpaired) electrons. The average Bonchev–Trinajstić information content (AvgIpc) is 2.96. The van der Waals surface area contributed by atoms with Crippen molar-refractivity contribution in [3.05, 3.63) is 30.5 Å². The summed E-state index contributed by atoms with van der Waals surface area (Å²) in [6.07, 6.45) is 4.03. The first-order valence-electron chi connectivity index (χ1n) is 7.60. The maximum atomic E-state index is 12.4. The maximum absolute atomic E-state index is 12.4. The number of aromatic amines is 1. The lowest BCUT2D eigenvalue weighted by Crippen LogP contribution is -2.30. The molecule has 118 valence electrons. The molecular weight excluding hydrogens is 280 g/mol. The molecular formula is C17H22N2O3. The van der Waals surface area contributed by atoms with Crippen LogP contribution in [0.25, 0.3) is 10.9 Å². The Balaban J connectivity index is 1.99. The second-order valence-corrected chi connectivity index (χ2v) is 5.14. The summed E-state index contributed by atoms with van der Waals surface area (Å²) in [7, 11) is 1.38. The number of ether oxygens (including phenoxy) is 1. The van der Waals surface area contributed by atoms with Crippen molar-refractivity contribution < 1.29 is 14.3 Å². The van der Waals surface area contributed by atoms with Crippen molar-refractivity contribution in [3.63, 3.8) is 0 Å². The molecule has 0 saturated carbocycles. The third-order valence-electron chi connectivity index (χ3n) is 3.72. The monoisotopic (exact) mass is 302 g/mol. The molecule has 1 aromatic carbocycles. The standard InChI is InChI=1S/C17H22N2O3/c1-3-19(16(20)10-6-7-11-17(21)22-2)15-12-18-14-9-5-4-8-13(14)15/h4-5,8-9,12,18H,3,6-7,10-11H2,1-2H3. The smallest absolute Gasteiger partial charge is 0.305 e. The van der Waals surface area contributed by atoms with Gasteiger partial charge in [0.15, 0.2) is 0 Å². The van der Waals surface area contributed by atoms with Gasteiger partial charge in [0.1, 0.15) is 0 Å². The summed E-state index contributed by atoms with van der Waals surface area (Å²) in [5.41, 5.74) is 1.94. The Kier molecular flexibility index (Phi) is 5.58. The van der Waals surface area contributed by atoms with Crippen LogP contribution in [0.1, 0.15) is 32.6 Å². The minimum atomic E-state index is -0.226. The van der Waals surface area contributed by atoms with Gasteiger partial charge < -0.3 is 14.6 Å². The Morgan fingerprint density at radius 2 is 1.91 bits per heavy atom. The van der Waals surface area contributed by atoms with Gasteiger partial charge in [-0.25, -0.2) is 0 Å². The molecule has 22 heavy (non-hydrogen) atoms. The average molecular weight is 302 g/mol. The van der Waals surface area contributed by atoms with Crippen LogP contribution in [-0.4, -0.2) is 30.5 Å². The third kappa shape index (κ3) is 3.67. The van der Waals surface area contributed by atoms with Gasteiger partial charge in [-0.15, -0.1) is 0 Å². The molecule has 0 bridgehead atoms. The van der Waals surface area contributed by atoms with Gasteiger partial charge in [-0.1, -0.05) is 18.2 Å². The number of benzene rings is 1. The molecule has 2 rings (SSSR count). The Hall–Kier alpha value is -2.30. The molecule has 5 heteroatoms. The summed E-state index contributed by atoms with van der Waals surface area (Å²) >= 11 is 0. The van der Waals surface area contributed by atoms with Crippen molar-refractivity contribution >= 4 is 28.5 Å². The number of H-pyrrole nitrogens is 1. The van der Waals surface area contributed by atoms with E-state index in [1.165, 1.54) is 7.11 Å². The van der Waals surface area contributed by atoms with E-state index in [4.69, 9.17) is 0 Å². The van der Waals surface area contributed by atoms with Crippen molar-refractivity contribution in [2.75, 3.05) is 18.6 Å². The second-order valence-electron chi connectivity index (χ2n) is 5.14. The molecule has 1 amide bonds. The summed E-state index contributed by atoms with van der Waals surface area (Å²) in [5.74, 6) is -0.145. The molecule has 0 unspecified atom stereocenters. The Morgan fingerprint density at radius 3 is 2.64 bits per heavy atom. The molecule has 0 fully saturated rings. The summed E-state index contributed by atoms with van der Waals surface area (Å²) in [5, 5.41) is 1.05. The molecule has 0 aliphatic rings. The predicted molar refractivity (Wildman–Crippen MR) is 86.8 cm³/mol. The number of amides is 1. The normalized spacial score (nSPS) is 10.6. The number of unbranched alkanes of at least 4 members (excludes halogenated alkanes) is 1. The molecule has 0 aliphatic heterocycles. The van der Waals surface area contributed by atoms with Crippen LogP contribution in [0.4, 0.5) is 5.69 Å². The van der Waals surface area contributed by atoms with E-state index in [0.29, 0.717) is 32.2 Å². The molecule has 1 heterocycles. The topological polar surface area (TPSA) is 62.4 Å².